The summed E-state index contributed by atoms with van der Waals surface area (Å²) in [5.74, 6) is -1.69. The van der Waals surface area contributed by atoms with Crippen LogP contribution in [0.25, 0.3) is 10.9 Å². The lowest BCUT2D eigenvalue weighted by Crippen LogP contribution is -2.49. The molecule has 0 radical (unpaired) electrons. The number of benzene rings is 2. The van der Waals surface area contributed by atoms with Crippen molar-refractivity contribution in [2.45, 2.75) is 57.7 Å². The van der Waals surface area contributed by atoms with E-state index < -0.39 is 23.7 Å². The van der Waals surface area contributed by atoms with Crippen molar-refractivity contribution in [3.05, 3.63) is 63.8 Å². The Bertz CT molecular complexity index is 1290. The predicted octanol–water partition coefficient (Wildman–Crippen LogP) is 5.06. The molecule has 1 aliphatic carbocycles. The molecule has 0 unspecified atom stereocenters. The second-order valence-electron chi connectivity index (χ2n) is 9.39. The molecule has 2 aromatic carbocycles. The van der Waals surface area contributed by atoms with Crippen molar-refractivity contribution in [1.29, 1.82) is 0 Å². The fourth-order valence-electron chi connectivity index (χ4n) is 4.94. The quantitative estimate of drug-likeness (QED) is 0.529. The maximum absolute atomic E-state index is 14.7. The predicted molar refractivity (Wildman–Crippen MR) is 124 cm³/mol. The lowest BCUT2D eigenvalue weighted by molar-refractivity contribution is -0.126. The third-order valence-corrected chi connectivity index (χ3v) is 7.17. The van der Waals surface area contributed by atoms with Gasteiger partial charge in [-0.3, -0.25) is 14.7 Å². The molecular formula is C25H25ClF2N4O2. The van der Waals surface area contributed by atoms with Crippen molar-refractivity contribution < 1.29 is 18.4 Å². The molecule has 3 aromatic rings. The molecule has 3 atom stereocenters. The van der Waals surface area contributed by atoms with Crippen LogP contribution in [0.15, 0.2) is 30.5 Å². The summed E-state index contributed by atoms with van der Waals surface area (Å²) < 4.78 is 29.0. The Hall–Kier alpha value is -3.00. The number of halogens is 3. The van der Waals surface area contributed by atoms with Gasteiger partial charge < -0.3 is 10.2 Å². The summed E-state index contributed by atoms with van der Waals surface area (Å²) in [5, 5.41) is 10.9. The zero-order valence-corrected chi connectivity index (χ0v) is 19.6. The first-order chi connectivity index (χ1) is 16.2. The minimum Gasteiger partial charge on any atom is -0.347 e. The van der Waals surface area contributed by atoms with Gasteiger partial charge in [0, 0.05) is 22.0 Å². The molecule has 1 saturated heterocycles. The fraction of sp³-hybridized carbons (Fsp3) is 0.400. The van der Waals surface area contributed by atoms with Crippen LogP contribution in [-0.4, -0.2) is 39.0 Å². The van der Waals surface area contributed by atoms with Crippen molar-refractivity contribution in [3.63, 3.8) is 0 Å². The lowest BCUT2D eigenvalue weighted by Gasteiger charge is -2.30. The maximum atomic E-state index is 14.7. The van der Waals surface area contributed by atoms with Gasteiger partial charge in [-0.15, -0.1) is 0 Å². The smallest absolute Gasteiger partial charge is 0.257 e. The largest absolute Gasteiger partial charge is 0.347 e. The van der Waals surface area contributed by atoms with E-state index >= 15 is 0 Å². The van der Waals surface area contributed by atoms with Gasteiger partial charge in [0.15, 0.2) is 0 Å². The van der Waals surface area contributed by atoms with E-state index in [1.54, 1.807) is 23.2 Å². The minimum absolute atomic E-state index is 0.0427. The summed E-state index contributed by atoms with van der Waals surface area (Å²) in [6.07, 6.45) is 4.37. The Morgan fingerprint density at radius 3 is 2.65 bits per heavy atom. The average Bonchev–Trinajstić information content (AvgIpc) is 3.40. The minimum atomic E-state index is -0.723. The molecule has 6 nitrogen and oxygen atoms in total. The molecule has 9 heteroatoms. The number of rotatable bonds is 5. The van der Waals surface area contributed by atoms with E-state index in [9.17, 15) is 18.4 Å². The molecule has 1 aromatic heterocycles. The van der Waals surface area contributed by atoms with Crippen LogP contribution in [0, 0.1) is 24.5 Å². The monoisotopic (exact) mass is 486 g/mol. The van der Waals surface area contributed by atoms with E-state index in [1.807, 2.05) is 6.92 Å². The number of aromatic nitrogens is 2. The normalized spacial score (nSPS) is 21.1. The van der Waals surface area contributed by atoms with Crippen LogP contribution in [-0.2, 0) is 4.79 Å². The number of nitrogens with zero attached hydrogens (tertiary/aromatic N) is 2. The zero-order valence-electron chi connectivity index (χ0n) is 18.9. The summed E-state index contributed by atoms with van der Waals surface area (Å²) in [5.41, 5.74) is 1.27. The maximum Gasteiger partial charge on any atom is 0.257 e. The number of aryl methyl sites for hydroxylation is 1. The number of aromatic amines is 1. The molecule has 34 heavy (non-hydrogen) atoms. The Labute approximate surface area is 200 Å². The lowest BCUT2D eigenvalue weighted by atomic mass is 9.99. The number of likely N-dealkylation sites (tertiary alicyclic amines) is 1. The molecule has 2 aliphatic rings. The van der Waals surface area contributed by atoms with Crippen LogP contribution in [0.2, 0.25) is 5.02 Å². The van der Waals surface area contributed by atoms with Crippen LogP contribution in [0.5, 0.6) is 0 Å². The van der Waals surface area contributed by atoms with Crippen LogP contribution >= 0.6 is 11.6 Å². The van der Waals surface area contributed by atoms with Gasteiger partial charge in [0.05, 0.1) is 23.3 Å². The summed E-state index contributed by atoms with van der Waals surface area (Å²) in [6.45, 7) is 3.40. The Morgan fingerprint density at radius 1 is 1.15 bits per heavy atom. The number of carbonyl (C=O) groups excluding carboxylic acids is 2. The number of hydrogen-bond acceptors (Lipinski definition) is 3. The standard InChI is InChI=1S/C25H25ClF2N4O2/c1-12-7-20(28)17(10-19(12)27)22(14-4-5-14)30-24(33)21-6-3-13(2)32(21)25(34)18-9-16(26)8-15-11-29-31-23(15)18/h7-11,13-14,21-22H,3-6H2,1-2H3,(H,29,31)(H,30,33)/t13-,21-,22-/m1/s1. The highest BCUT2D eigenvalue weighted by Gasteiger charge is 2.42. The van der Waals surface area contributed by atoms with Crippen molar-refractivity contribution in [2.75, 3.05) is 0 Å². The first kappa shape index (κ1) is 22.8. The molecule has 2 amide bonds. The molecule has 178 valence electrons. The molecular weight excluding hydrogens is 462 g/mol. The number of H-pyrrole nitrogens is 1. The summed E-state index contributed by atoms with van der Waals surface area (Å²) in [4.78, 5) is 28.6. The van der Waals surface area contributed by atoms with E-state index in [0.29, 0.717) is 34.3 Å². The molecule has 2 heterocycles. The van der Waals surface area contributed by atoms with E-state index in [1.165, 1.54) is 13.0 Å². The van der Waals surface area contributed by atoms with Gasteiger partial charge in [-0.2, -0.15) is 5.10 Å². The molecule has 0 spiro atoms. The number of amides is 2. The number of fused-ring (bicyclic) bond motifs is 1. The first-order valence-electron chi connectivity index (χ1n) is 11.5. The molecule has 2 N–H and O–H groups in total. The fourth-order valence-corrected chi connectivity index (χ4v) is 5.17. The van der Waals surface area contributed by atoms with Gasteiger partial charge in [-0.05, 0) is 75.3 Å². The number of nitrogens with one attached hydrogen (secondary N) is 2. The number of carbonyl (C=O) groups is 2. The second-order valence-corrected chi connectivity index (χ2v) is 9.83. The Balaban J connectivity index is 1.43. The van der Waals surface area contributed by atoms with Crippen molar-refractivity contribution in [2.24, 2.45) is 5.92 Å². The topological polar surface area (TPSA) is 78.1 Å². The van der Waals surface area contributed by atoms with E-state index in [0.717, 1.165) is 18.9 Å². The SMILES string of the molecule is Cc1cc(F)c([C@H](NC(=O)[C@H]2CC[C@@H](C)N2C(=O)c2cc(Cl)cc3cn[nH]c23)C2CC2)cc1F. The van der Waals surface area contributed by atoms with Gasteiger partial charge in [0.1, 0.15) is 17.7 Å². The second kappa shape index (κ2) is 8.65. The number of hydrogen-bond donors (Lipinski definition) is 2. The van der Waals surface area contributed by atoms with Crippen molar-refractivity contribution >= 4 is 34.3 Å². The van der Waals surface area contributed by atoms with Gasteiger partial charge >= 0.3 is 0 Å². The average molecular weight is 487 g/mol. The summed E-state index contributed by atoms with van der Waals surface area (Å²) >= 11 is 6.23. The van der Waals surface area contributed by atoms with Crippen LogP contribution in [0.1, 0.15) is 60.1 Å². The van der Waals surface area contributed by atoms with Crippen LogP contribution < -0.4 is 5.32 Å². The summed E-state index contributed by atoms with van der Waals surface area (Å²) in [7, 11) is 0. The van der Waals surface area contributed by atoms with Crippen LogP contribution in [0.3, 0.4) is 0 Å². The summed E-state index contributed by atoms with van der Waals surface area (Å²) in [6, 6.07) is 4.09. The first-order valence-corrected chi connectivity index (χ1v) is 11.8. The Morgan fingerprint density at radius 2 is 1.91 bits per heavy atom. The van der Waals surface area contributed by atoms with Gasteiger partial charge in [0.2, 0.25) is 5.91 Å². The molecule has 2 fully saturated rings. The molecule has 0 bridgehead atoms. The third kappa shape index (κ3) is 4.04. The highest BCUT2D eigenvalue weighted by molar-refractivity contribution is 6.32. The molecule has 1 aliphatic heterocycles. The molecule has 1 saturated carbocycles. The van der Waals surface area contributed by atoms with E-state index in [4.69, 9.17) is 11.6 Å². The van der Waals surface area contributed by atoms with Crippen molar-refractivity contribution in [3.8, 4) is 0 Å². The van der Waals surface area contributed by atoms with E-state index in [2.05, 4.69) is 15.5 Å². The molecule has 5 rings (SSSR count). The zero-order chi connectivity index (χ0) is 24.1. The van der Waals surface area contributed by atoms with E-state index in [-0.39, 0.29) is 34.9 Å². The highest BCUT2D eigenvalue weighted by atomic mass is 35.5. The highest BCUT2D eigenvalue weighted by Crippen LogP contribution is 2.42. The van der Waals surface area contributed by atoms with Gasteiger partial charge in [-0.25, -0.2) is 8.78 Å². The van der Waals surface area contributed by atoms with Gasteiger partial charge in [-0.1, -0.05) is 11.6 Å². The Kier molecular flexibility index (Phi) is 5.80. The van der Waals surface area contributed by atoms with Gasteiger partial charge in [0.25, 0.3) is 5.91 Å². The van der Waals surface area contributed by atoms with Crippen LogP contribution in [0.4, 0.5) is 8.78 Å². The third-order valence-electron chi connectivity index (χ3n) is 6.95. The van der Waals surface area contributed by atoms with Crippen molar-refractivity contribution in [1.82, 2.24) is 20.4 Å².